The number of amides is 1. The number of fused-ring (bicyclic) bond motifs is 4. The van der Waals surface area contributed by atoms with Gasteiger partial charge in [0.05, 0.1) is 17.7 Å². The minimum absolute atomic E-state index is 0.0463. The van der Waals surface area contributed by atoms with Crippen LogP contribution in [0.2, 0.25) is 0 Å². The molecule has 1 amide bonds. The van der Waals surface area contributed by atoms with Gasteiger partial charge in [-0.1, -0.05) is 30.3 Å². The van der Waals surface area contributed by atoms with E-state index in [-0.39, 0.29) is 23.9 Å². The van der Waals surface area contributed by atoms with Gasteiger partial charge in [-0.05, 0) is 59.5 Å². The molecule has 0 radical (unpaired) electrons. The van der Waals surface area contributed by atoms with Crippen LogP contribution < -0.4 is 0 Å². The molecule has 2 atom stereocenters. The average molecular weight is 412 g/mol. The summed E-state index contributed by atoms with van der Waals surface area (Å²) in [6, 6.07) is 18.5. The number of ether oxygens (including phenoxy) is 1. The number of rotatable bonds is 2. The topological polar surface area (TPSA) is 42.4 Å². The van der Waals surface area contributed by atoms with Gasteiger partial charge >= 0.3 is 0 Å². The molecule has 0 N–H and O–H groups in total. The Hall–Kier alpha value is -3.31. The summed E-state index contributed by atoms with van der Waals surface area (Å²) in [5.74, 6) is -0.241. The van der Waals surface area contributed by atoms with Crippen molar-refractivity contribution in [2.45, 2.75) is 25.0 Å². The van der Waals surface area contributed by atoms with Crippen LogP contribution in [0.3, 0.4) is 0 Å². The Bertz CT molecular complexity index is 1320. The van der Waals surface area contributed by atoms with Gasteiger partial charge in [0.2, 0.25) is 0 Å². The number of hydrogen-bond donors (Lipinski definition) is 0. The first-order chi connectivity index (χ1) is 15.2. The molecule has 0 aliphatic carbocycles. The van der Waals surface area contributed by atoms with Crippen molar-refractivity contribution in [3.05, 3.63) is 78.2 Å². The van der Waals surface area contributed by atoms with Crippen molar-refractivity contribution in [1.29, 1.82) is 0 Å². The van der Waals surface area contributed by atoms with Crippen LogP contribution in [0.25, 0.3) is 32.8 Å². The zero-order valence-electron chi connectivity index (χ0n) is 16.9. The highest BCUT2D eigenvalue weighted by molar-refractivity contribution is 6.12. The van der Waals surface area contributed by atoms with E-state index in [1.165, 1.54) is 6.07 Å². The predicted octanol–water partition coefficient (Wildman–Crippen LogP) is 5.20. The molecule has 2 bridgehead atoms. The summed E-state index contributed by atoms with van der Waals surface area (Å²) in [6.45, 7) is 1.30. The smallest absolute Gasteiger partial charge is 0.254 e. The average Bonchev–Trinajstić information content (AvgIpc) is 3.16. The number of carbonyl (C=O) groups is 1. The molecule has 3 heterocycles. The summed E-state index contributed by atoms with van der Waals surface area (Å²) < 4.78 is 20.2. The third-order valence-electron chi connectivity index (χ3n) is 6.49. The Morgan fingerprint density at radius 1 is 0.871 bits per heavy atom. The van der Waals surface area contributed by atoms with E-state index >= 15 is 0 Å². The maximum atomic E-state index is 14.3. The quantitative estimate of drug-likeness (QED) is 0.455. The summed E-state index contributed by atoms with van der Waals surface area (Å²) in [5.41, 5.74) is 3.12. The Labute approximate surface area is 179 Å². The van der Waals surface area contributed by atoms with Crippen LogP contribution in [0.5, 0.6) is 0 Å². The Morgan fingerprint density at radius 2 is 1.58 bits per heavy atom. The lowest BCUT2D eigenvalue weighted by molar-refractivity contribution is -0.0302. The zero-order chi connectivity index (χ0) is 20.9. The molecule has 2 aliphatic heterocycles. The first-order valence-electron chi connectivity index (χ1n) is 10.7. The number of carbonyl (C=O) groups excluding carboxylic acids is 1. The van der Waals surface area contributed by atoms with Gasteiger partial charge in [-0.2, -0.15) is 0 Å². The summed E-state index contributed by atoms with van der Waals surface area (Å²) >= 11 is 0. The molecule has 2 aliphatic rings. The van der Waals surface area contributed by atoms with Crippen LogP contribution in [0.1, 0.15) is 23.2 Å². The van der Waals surface area contributed by atoms with Crippen LogP contribution in [-0.2, 0) is 4.74 Å². The Morgan fingerprint density at radius 3 is 2.39 bits per heavy atom. The summed E-state index contributed by atoms with van der Waals surface area (Å²) in [5, 5.41) is 2.36. The van der Waals surface area contributed by atoms with Crippen molar-refractivity contribution in [3.8, 4) is 11.1 Å². The standard InChI is InChI=1S/C26H21FN2O2/c27-24-12-11-21(25-23(24)6-3-13-28-25)20-9-10-22(19-5-2-1-4-18(19)20)26(30)29-14-16-7-8-17(15-29)31-16/h1-6,9-13,16-17H,7-8,14-15H2/t16-,17+. The van der Waals surface area contributed by atoms with E-state index in [0.29, 0.717) is 29.6 Å². The van der Waals surface area contributed by atoms with Gasteiger partial charge in [-0.15, -0.1) is 0 Å². The van der Waals surface area contributed by atoms with Crippen LogP contribution in [0.15, 0.2) is 66.9 Å². The van der Waals surface area contributed by atoms with Gasteiger partial charge in [0.25, 0.3) is 5.91 Å². The molecular weight excluding hydrogens is 391 g/mol. The largest absolute Gasteiger partial charge is 0.371 e. The zero-order valence-corrected chi connectivity index (χ0v) is 16.9. The van der Waals surface area contributed by atoms with Gasteiger partial charge in [-0.25, -0.2) is 4.39 Å². The van der Waals surface area contributed by atoms with Crippen molar-refractivity contribution in [2.75, 3.05) is 13.1 Å². The molecule has 0 unspecified atom stereocenters. The molecule has 4 aromatic rings. The molecule has 2 saturated heterocycles. The van der Waals surface area contributed by atoms with Crippen molar-refractivity contribution < 1.29 is 13.9 Å². The molecule has 2 fully saturated rings. The van der Waals surface area contributed by atoms with Crippen molar-refractivity contribution in [3.63, 3.8) is 0 Å². The molecule has 5 heteroatoms. The SMILES string of the molecule is O=C(c1ccc(-c2ccc(F)c3cccnc23)c2ccccc12)N1C[C@H]2CC[C@@H](C1)O2. The van der Waals surface area contributed by atoms with E-state index in [4.69, 9.17) is 4.74 Å². The molecule has 1 aromatic heterocycles. The van der Waals surface area contributed by atoms with E-state index in [0.717, 1.165) is 34.7 Å². The van der Waals surface area contributed by atoms with E-state index in [1.807, 2.05) is 41.3 Å². The fourth-order valence-electron chi connectivity index (χ4n) is 5.03. The van der Waals surface area contributed by atoms with Crippen LogP contribution >= 0.6 is 0 Å². The normalized spacial score (nSPS) is 20.5. The second-order valence-corrected chi connectivity index (χ2v) is 8.37. The molecule has 31 heavy (non-hydrogen) atoms. The fourth-order valence-corrected chi connectivity index (χ4v) is 5.03. The fraction of sp³-hybridized carbons (Fsp3) is 0.231. The summed E-state index contributed by atoms with van der Waals surface area (Å²) in [6.07, 6.45) is 4.05. The molecule has 4 nitrogen and oxygen atoms in total. The minimum Gasteiger partial charge on any atom is -0.371 e. The minimum atomic E-state index is -0.287. The lowest BCUT2D eigenvalue weighted by Gasteiger charge is -2.32. The van der Waals surface area contributed by atoms with Gasteiger partial charge in [0.1, 0.15) is 5.82 Å². The molecular formula is C26H21FN2O2. The van der Waals surface area contributed by atoms with Crippen LogP contribution in [-0.4, -0.2) is 41.1 Å². The molecule has 6 rings (SSSR count). The second kappa shape index (κ2) is 7.13. The monoisotopic (exact) mass is 412 g/mol. The van der Waals surface area contributed by atoms with E-state index < -0.39 is 0 Å². The highest BCUT2D eigenvalue weighted by atomic mass is 19.1. The van der Waals surface area contributed by atoms with Gasteiger partial charge in [-0.3, -0.25) is 9.78 Å². The van der Waals surface area contributed by atoms with Gasteiger partial charge in [0, 0.05) is 35.8 Å². The lowest BCUT2D eigenvalue weighted by Crippen LogP contribution is -2.45. The molecule has 0 saturated carbocycles. The third-order valence-corrected chi connectivity index (χ3v) is 6.49. The Balaban J connectivity index is 1.49. The lowest BCUT2D eigenvalue weighted by atomic mass is 9.93. The molecule has 3 aromatic carbocycles. The first kappa shape index (κ1) is 18.5. The summed E-state index contributed by atoms with van der Waals surface area (Å²) in [4.78, 5) is 19.8. The number of benzene rings is 3. The number of halogens is 1. The first-order valence-corrected chi connectivity index (χ1v) is 10.7. The number of morpholine rings is 1. The Kier molecular flexibility index (Phi) is 4.25. The van der Waals surface area contributed by atoms with Crippen molar-refractivity contribution >= 4 is 27.6 Å². The highest BCUT2D eigenvalue weighted by Crippen LogP contribution is 2.36. The maximum absolute atomic E-state index is 14.3. The van der Waals surface area contributed by atoms with Gasteiger partial charge in [0.15, 0.2) is 0 Å². The van der Waals surface area contributed by atoms with E-state index in [2.05, 4.69) is 4.98 Å². The maximum Gasteiger partial charge on any atom is 0.254 e. The van der Waals surface area contributed by atoms with E-state index in [9.17, 15) is 9.18 Å². The number of aromatic nitrogens is 1. The van der Waals surface area contributed by atoms with E-state index in [1.54, 1.807) is 24.4 Å². The van der Waals surface area contributed by atoms with Crippen molar-refractivity contribution in [1.82, 2.24) is 9.88 Å². The number of nitrogens with zero attached hydrogens (tertiary/aromatic N) is 2. The third kappa shape index (κ3) is 3.00. The number of hydrogen-bond acceptors (Lipinski definition) is 3. The molecule has 154 valence electrons. The van der Waals surface area contributed by atoms with Crippen molar-refractivity contribution in [2.24, 2.45) is 0 Å². The summed E-state index contributed by atoms with van der Waals surface area (Å²) in [7, 11) is 0. The number of likely N-dealkylation sites (tertiary alicyclic amines) is 1. The number of pyridine rings is 1. The molecule has 0 spiro atoms. The van der Waals surface area contributed by atoms with Gasteiger partial charge < -0.3 is 9.64 Å². The van der Waals surface area contributed by atoms with Crippen LogP contribution in [0.4, 0.5) is 4.39 Å². The van der Waals surface area contributed by atoms with Crippen LogP contribution in [0, 0.1) is 5.82 Å². The predicted molar refractivity (Wildman–Crippen MR) is 118 cm³/mol. The second-order valence-electron chi connectivity index (χ2n) is 8.37. The highest BCUT2D eigenvalue weighted by Gasteiger charge is 2.36.